The Labute approximate surface area is 261 Å². The third-order valence-electron chi connectivity index (χ3n) is 8.08. The normalized spacial score (nSPS) is 14.4. The van der Waals surface area contributed by atoms with Gasteiger partial charge in [0.2, 0.25) is 11.8 Å². The second-order valence-corrected chi connectivity index (χ2v) is 13.0. The number of methoxy groups -OCH3 is 2. The number of benzene rings is 3. The van der Waals surface area contributed by atoms with Crippen LogP contribution >= 0.6 is 0 Å². The van der Waals surface area contributed by atoms with Gasteiger partial charge in [0.15, 0.2) is 11.5 Å². The molecule has 236 valence electrons. The molecule has 0 radical (unpaired) electrons. The van der Waals surface area contributed by atoms with E-state index in [9.17, 15) is 18.0 Å². The van der Waals surface area contributed by atoms with Gasteiger partial charge in [-0.15, -0.1) is 0 Å². The van der Waals surface area contributed by atoms with Crippen molar-refractivity contribution in [1.29, 1.82) is 0 Å². The SMILES string of the molecule is CC[C@H](C(=O)NC1CCCCC1)N(Cc1ccccc1)C(=O)CN(c1ccc(OC)c(OC)c1)S(=O)(=O)c1ccc(C)cc1. The van der Waals surface area contributed by atoms with Gasteiger partial charge in [0, 0.05) is 18.7 Å². The Bertz CT molecular complexity index is 1510. The van der Waals surface area contributed by atoms with Gasteiger partial charge in [0.25, 0.3) is 10.0 Å². The number of amides is 2. The molecule has 0 unspecified atom stereocenters. The lowest BCUT2D eigenvalue weighted by Crippen LogP contribution is -2.54. The molecule has 2 amide bonds. The Morgan fingerprint density at radius 1 is 0.909 bits per heavy atom. The van der Waals surface area contributed by atoms with Gasteiger partial charge in [-0.2, -0.15) is 0 Å². The molecule has 1 aliphatic rings. The average Bonchev–Trinajstić information content (AvgIpc) is 3.04. The molecule has 0 heterocycles. The summed E-state index contributed by atoms with van der Waals surface area (Å²) in [4.78, 5) is 29.5. The minimum atomic E-state index is -4.20. The zero-order valence-electron chi connectivity index (χ0n) is 26.0. The van der Waals surface area contributed by atoms with E-state index in [4.69, 9.17) is 9.47 Å². The van der Waals surface area contributed by atoms with E-state index in [1.165, 1.54) is 37.3 Å². The average molecular weight is 622 g/mol. The van der Waals surface area contributed by atoms with E-state index >= 15 is 0 Å². The molecule has 1 N–H and O–H groups in total. The van der Waals surface area contributed by atoms with Crippen molar-refractivity contribution in [2.75, 3.05) is 25.1 Å². The Morgan fingerprint density at radius 3 is 2.18 bits per heavy atom. The number of carbonyl (C=O) groups is 2. The highest BCUT2D eigenvalue weighted by molar-refractivity contribution is 7.92. The summed E-state index contributed by atoms with van der Waals surface area (Å²) in [5, 5.41) is 3.17. The first-order valence-corrected chi connectivity index (χ1v) is 16.6. The zero-order chi connectivity index (χ0) is 31.7. The van der Waals surface area contributed by atoms with Crippen molar-refractivity contribution < 1.29 is 27.5 Å². The lowest BCUT2D eigenvalue weighted by Gasteiger charge is -2.34. The molecule has 1 fully saturated rings. The lowest BCUT2D eigenvalue weighted by molar-refractivity contribution is -0.140. The molecule has 1 aliphatic carbocycles. The van der Waals surface area contributed by atoms with Gasteiger partial charge in [0.05, 0.1) is 24.8 Å². The first-order chi connectivity index (χ1) is 21.2. The quantitative estimate of drug-likeness (QED) is 0.272. The fourth-order valence-corrected chi connectivity index (χ4v) is 7.00. The van der Waals surface area contributed by atoms with Crippen molar-refractivity contribution >= 4 is 27.5 Å². The van der Waals surface area contributed by atoms with Crippen LogP contribution in [0.2, 0.25) is 0 Å². The molecular formula is C34H43N3O6S. The third kappa shape index (κ3) is 7.91. The van der Waals surface area contributed by atoms with E-state index in [1.807, 2.05) is 44.2 Å². The summed E-state index contributed by atoms with van der Waals surface area (Å²) in [5.74, 6) is 0.0279. The van der Waals surface area contributed by atoms with E-state index in [0.29, 0.717) is 17.9 Å². The van der Waals surface area contributed by atoms with E-state index in [-0.39, 0.29) is 29.1 Å². The minimum Gasteiger partial charge on any atom is -0.493 e. The number of hydrogen-bond acceptors (Lipinski definition) is 6. The maximum atomic E-state index is 14.3. The molecule has 3 aromatic rings. The molecule has 0 aliphatic heterocycles. The summed E-state index contributed by atoms with van der Waals surface area (Å²) >= 11 is 0. The smallest absolute Gasteiger partial charge is 0.264 e. The molecule has 0 bridgehead atoms. The summed E-state index contributed by atoms with van der Waals surface area (Å²) in [6.45, 7) is 3.37. The highest BCUT2D eigenvalue weighted by Gasteiger charge is 2.34. The summed E-state index contributed by atoms with van der Waals surface area (Å²) < 4.78 is 40.2. The van der Waals surface area contributed by atoms with Crippen molar-refractivity contribution in [3.8, 4) is 11.5 Å². The van der Waals surface area contributed by atoms with Crippen LogP contribution in [0, 0.1) is 6.92 Å². The summed E-state index contributed by atoms with van der Waals surface area (Å²) in [6, 6.07) is 19.9. The molecule has 1 saturated carbocycles. The van der Waals surface area contributed by atoms with Crippen LogP contribution in [-0.4, -0.2) is 58.0 Å². The molecule has 0 saturated heterocycles. The number of nitrogens with one attached hydrogen (secondary N) is 1. The van der Waals surface area contributed by atoms with Crippen LogP contribution in [-0.2, 0) is 26.2 Å². The molecule has 1 atom stereocenters. The standard InChI is InChI=1S/C34H43N3O6S/c1-5-30(34(39)35-27-14-10-7-11-15-27)36(23-26-12-8-6-9-13-26)33(38)24-37(28-18-21-31(42-3)32(22-28)43-4)44(40,41)29-19-16-25(2)17-20-29/h6,8-9,12-13,16-22,27,30H,5,7,10-11,14-15,23-24H2,1-4H3,(H,35,39)/t30-/m1/s1. The molecule has 4 rings (SSSR count). The van der Waals surface area contributed by atoms with Gasteiger partial charge in [-0.25, -0.2) is 8.42 Å². The van der Waals surface area contributed by atoms with Crippen molar-refractivity contribution in [3.63, 3.8) is 0 Å². The monoisotopic (exact) mass is 621 g/mol. The third-order valence-corrected chi connectivity index (χ3v) is 9.86. The highest BCUT2D eigenvalue weighted by atomic mass is 32.2. The number of nitrogens with zero attached hydrogens (tertiary/aromatic N) is 2. The maximum Gasteiger partial charge on any atom is 0.264 e. The van der Waals surface area contributed by atoms with Gasteiger partial charge in [-0.3, -0.25) is 13.9 Å². The van der Waals surface area contributed by atoms with Crippen LogP contribution < -0.4 is 19.1 Å². The topological polar surface area (TPSA) is 105 Å². The highest BCUT2D eigenvalue weighted by Crippen LogP contribution is 2.34. The van der Waals surface area contributed by atoms with Crippen molar-refractivity contribution in [2.24, 2.45) is 0 Å². The molecule has 0 spiro atoms. The number of ether oxygens (including phenoxy) is 2. The van der Waals surface area contributed by atoms with Gasteiger partial charge in [0.1, 0.15) is 12.6 Å². The summed E-state index contributed by atoms with van der Waals surface area (Å²) in [5.41, 5.74) is 1.97. The summed E-state index contributed by atoms with van der Waals surface area (Å²) in [7, 11) is -1.25. The zero-order valence-corrected chi connectivity index (χ0v) is 26.8. The van der Waals surface area contributed by atoms with Crippen LogP contribution in [0.5, 0.6) is 11.5 Å². The molecule has 9 nitrogen and oxygen atoms in total. The largest absolute Gasteiger partial charge is 0.493 e. The van der Waals surface area contributed by atoms with E-state index in [1.54, 1.807) is 24.3 Å². The second-order valence-electron chi connectivity index (χ2n) is 11.1. The second kappa shape index (κ2) is 15.1. The minimum absolute atomic E-state index is 0.0439. The molecular weight excluding hydrogens is 578 g/mol. The number of carbonyl (C=O) groups excluding carboxylic acids is 2. The van der Waals surface area contributed by atoms with E-state index in [2.05, 4.69) is 5.32 Å². The first kappa shape index (κ1) is 32.9. The van der Waals surface area contributed by atoms with Crippen LogP contribution in [0.15, 0.2) is 77.7 Å². The van der Waals surface area contributed by atoms with Gasteiger partial charge in [-0.05, 0) is 56.0 Å². The Balaban J connectivity index is 1.73. The summed E-state index contributed by atoms with van der Waals surface area (Å²) in [6.07, 6.45) is 5.48. The van der Waals surface area contributed by atoms with Crippen molar-refractivity contribution in [3.05, 3.63) is 83.9 Å². The van der Waals surface area contributed by atoms with Gasteiger partial charge >= 0.3 is 0 Å². The van der Waals surface area contributed by atoms with Crippen molar-refractivity contribution in [2.45, 2.75) is 75.9 Å². The molecule has 10 heteroatoms. The van der Waals surface area contributed by atoms with E-state index < -0.39 is 28.5 Å². The fraction of sp³-hybridized carbons (Fsp3) is 0.412. The Hall–Kier alpha value is -4.05. The number of sulfonamides is 1. The molecule has 0 aromatic heterocycles. The predicted octanol–water partition coefficient (Wildman–Crippen LogP) is 5.46. The van der Waals surface area contributed by atoms with Crippen LogP contribution in [0.3, 0.4) is 0 Å². The maximum absolute atomic E-state index is 14.3. The van der Waals surface area contributed by atoms with Crippen LogP contribution in [0.4, 0.5) is 5.69 Å². The Morgan fingerprint density at radius 2 is 1.57 bits per heavy atom. The van der Waals surface area contributed by atoms with Crippen LogP contribution in [0.1, 0.15) is 56.6 Å². The Kier molecular flexibility index (Phi) is 11.3. The number of aryl methyl sites for hydroxylation is 1. The van der Waals surface area contributed by atoms with Gasteiger partial charge in [-0.1, -0.05) is 74.2 Å². The number of hydrogen-bond donors (Lipinski definition) is 1. The predicted molar refractivity (Wildman–Crippen MR) is 171 cm³/mol. The molecule has 44 heavy (non-hydrogen) atoms. The molecule has 3 aromatic carbocycles. The van der Waals surface area contributed by atoms with Crippen LogP contribution in [0.25, 0.3) is 0 Å². The number of anilines is 1. The lowest BCUT2D eigenvalue weighted by atomic mass is 9.95. The van der Waals surface area contributed by atoms with E-state index in [0.717, 1.165) is 47.5 Å². The fourth-order valence-electron chi connectivity index (χ4n) is 5.59. The first-order valence-electron chi connectivity index (χ1n) is 15.1. The van der Waals surface area contributed by atoms with Crippen molar-refractivity contribution in [1.82, 2.24) is 10.2 Å². The number of rotatable bonds is 13. The van der Waals surface area contributed by atoms with Gasteiger partial charge < -0.3 is 19.7 Å².